The zero-order chi connectivity index (χ0) is 14.7. The fourth-order valence-corrected chi connectivity index (χ4v) is 2.66. The quantitative estimate of drug-likeness (QED) is 0.863. The summed E-state index contributed by atoms with van der Waals surface area (Å²) in [5.74, 6) is 0.583. The van der Waals surface area contributed by atoms with E-state index in [2.05, 4.69) is 18.3 Å². The average molecular weight is 310 g/mol. The summed E-state index contributed by atoms with van der Waals surface area (Å²) >= 11 is 12.6. The van der Waals surface area contributed by atoms with Crippen LogP contribution < -0.4 is 10.1 Å². The molecule has 0 bridgehead atoms. The topological polar surface area (TPSA) is 21.3 Å². The van der Waals surface area contributed by atoms with Gasteiger partial charge in [-0.25, -0.2) is 0 Å². The van der Waals surface area contributed by atoms with Crippen LogP contribution in [-0.2, 0) is 0 Å². The van der Waals surface area contributed by atoms with Crippen molar-refractivity contribution < 1.29 is 4.74 Å². The molecule has 0 radical (unpaired) electrons. The summed E-state index contributed by atoms with van der Waals surface area (Å²) in [5, 5.41) is 4.43. The second kappa shape index (κ2) is 6.49. The van der Waals surface area contributed by atoms with Crippen LogP contribution in [0, 0.1) is 0 Å². The molecule has 106 valence electrons. The van der Waals surface area contributed by atoms with Crippen LogP contribution in [0.2, 0.25) is 10.0 Å². The van der Waals surface area contributed by atoms with E-state index >= 15 is 0 Å². The number of nitrogens with one attached hydrogen (secondary N) is 1. The normalized spacial score (nSPS) is 12.2. The Bertz CT molecular complexity index is 613. The minimum Gasteiger partial charge on any atom is -0.495 e. The molecule has 2 nitrogen and oxygen atoms in total. The van der Waals surface area contributed by atoms with E-state index in [-0.39, 0.29) is 6.04 Å². The zero-order valence-corrected chi connectivity index (χ0v) is 13.2. The zero-order valence-electron chi connectivity index (χ0n) is 11.7. The van der Waals surface area contributed by atoms with Gasteiger partial charge >= 0.3 is 0 Å². The Kier molecular flexibility index (Phi) is 4.92. The van der Waals surface area contributed by atoms with Crippen molar-refractivity contribution in [1.82, 2.24) is 5.32 Å². The largest absolute Gasteiger partial charge is 0.495 e. The number of rotatable bonds is 4. The van der Waals surface area contributed by atoms with Gasteiger partial charge in [0.2, 0.25) is 0 Å². The molecule has 0 spiro atoms. The maximum atomic E-state index is 6.38. The van der Waals surface area contributed by atoms with Crippen molar-refractivity contribution in [3.05, 3.63) is 52.0 Å². The minimum atomic E-state index is 0.225. The number of halogens is 2. The Labute approximate surface area is 129 Å². The molecule has 0 heterocycles. The SMILES string of the molecule is CNC(C)c1ccccc1-c1cc(Cl)c(OC)cc1Cl. The lowest BCUT2D eigenvalue weighted by molar-refractivity contribution is 0.415. The van der Waals surface area contributed by atoms with Crippen LogP contribution in [0.5, 0.6) is 5.75 Å². The Morgan fingerprint density at radius 2 is 1.75 bits per heavy atom. The van der Waals surface area contributed by atoms with Gasteiger partial charge < -0.3 is 10.1 Å². The van der Waals surface area contributed by atoms with Crippen LogP contribution >= 0.6 is 23.2 Å². The number of ether oxygens (including phenoxy) is 1. The van der Waals surface area contributed by atoms with Crippen molar-refractivity contribution in [2.45, 2.75) is 13.0 Å². The molecule has 0 amide bonds. The molecule has 20 heavy (non-hydrogen) atoms. The van der Waals surface area contributed by atoms with Gasteiger partial charge in [0, 0.05) is 17.7 Å². The molecule has 0 saturated carbocycles. The first-order valence-electron chi connectivity index (χ1n) is 6.38. The first kappa shape index (κ1) is 15.2. The van der Waals surface area contributed by atoms with Crippen LogP contribution in [0.15, 0.2) is 36.4 Å². The summed E-state index contributed by atoms with van der Waals surface area (Å²) in [6.07, 6.45) is 0. The lowest BCUT2D eigenvalue weighted by Gasteiger charge is -2.17. The van der Waals surface area contributed by atoms with E-state index in [9.17, 15) is 0 Å². The van der Waals surface area contributed by atoms with Gasteiger partial charge in [0.25, 0.3) is 0 Å². The summed E-state index contributed by atoms with van der Waals surface area (Å²) < 4.78 is 5.19. The van der Waals surface area contributed by atoms with E-state index < -0.39 is 0 Å². The van der Waals surface area contributed by atoms with Crippen molar-refractivity contribution in [3.8, 4) is 16.9 Å². The van der Waals surface area contributed by atoms with Gasteiger partial charge in [-0.1, -0.05) is 47.5 Å². The lowest BCUT2D eigenvalue weighted by atomic mass is 9.95. The summed E-state index contributed by atoms with van der Waals surface area (Å²) in [4.78, 5) is 0. The highest BCUT2D eigenvalue weighted by molar-refractivity contribution is 6.36. The predicted octanol–water partition coefficient (Wildman–Crippen LogP) is 4.95. The minimum absolute atomic E-state index is 0.225. The van der Waals surface area contributed by atoms with E-state index in [0.717, 1.165) is 11.1 Å². The molecule has 0 aromatic heterocycles. The van der Waals surface area contributed by atoms with Crippen LogP contribution in [0.4, 0.5) is 0 Å². The third kappa shape index (κ3) is 2.93. The van der Waals surface area contributed by atoms with E-state index in [1.807, 2.05) is 31.3 Å². The van der Waals surface area contributed by atoms with Gasteiger partial charge in [-0.3, -0.25) is 0 Å². The smallest absolute Gasteiger partial charge is 0.138 e. The van der Waals surface area contributed by atoms with Crippen molar-refractivity contribution in [1.29, 1.82) is 0 Å². The monoisotopic (exact) mass is 309 g/mol. The molecule has 0 aliphatic heterocycles. The Morgan fingerprint density at radius 1 is 1.05 bits per heavy atom. The number of methoxy groups -OCH3 is 1. The molecule has 0 aliphatic carbocycles. The van der Waals surface area contributed by atoms with Gasteiger partial charge in [-0.2, -0.15) is 0 Å². The highest BCUT2D eigenvalue weighted by Crippen LogP contribution is 2.39. The average Bonchev–Trinajstić information content (AvgIpc) is 2.48. The molecule has 2 rings (SSSR count). The fraction of sp³-hybridized carbons (Fsp3) is 0.250. The fourth-order valence-electron chi connectivity index (χ4n) is 2.17. The molecular weight excluding hydrogens is 293 g/mol. The molecular formula is C16H17Cl2NO. The molecule has 2 aromatic rings. The molecule has 1 unspecified atom stereocenters. The van der Waals surface area contributed by atoms with Gasteiger partial charge in [-0.15, -0.1) is 0 Å². The Hall–Kier alpha value is -1.22. The highest BCUT2D eigenvalue weighted by Gasteiger charge is 2.15. The maximum Gasteiger partial charge on any atom is 0.138 e. The molecule has 0 fully saturated rings. The highest BCUT2D eigenvalue weighted by atomic mass is 35.5. The first-order chi connectivity index (χ1) is 9.58. The third-order valence-electron chi connectivity index (χ3n) is 3.39. The van der Waals surface area contributed by atoms with Gasteiger partial charge in [0.1, 0.15) is 5.75 Å². The van der Waals surface area contributed by atoms with Crippen molar-refractivity contribution >= 4 is 23.2 Å². The summed E-state index contributed by atoms with van der Waals surface area (Å²) in [7, 11) is 3.51. The standard InChI is InChI=1S/C16H17Cl2NO/c1-10(19-2)11-6-4-5-7-12(11)13-8-15(18)16(20-3)9-14(13)17/h4-10,19H,1-3H3. The third-order valence-corrected chi connectivity index (χ3v) is 4.00. The van der Waals surface area contributed by atoms with E-state index in [4.69, 9.17) is 27.9 Å². The second-order valence-electron chi connectivity index (χ2n) is 4.56. The summed E-state index contributed by atoms with van der Waals surface area (Å²) in [6, 6.07) is 12.0. The van der Waals surface area contributed by atoms with Crippen LogP contribution in [0.3, 0.4) is 0 Å². The predicted molar refractivity (Wildman–Crippen MR) is 85.9 cm³/mol. The van der Waals surface area contributed by atoms with Crippen LogP contribution in [-0.4, -0.2) is 14.2 Å². The van der Waals surface area contributed by atoms with Crippen molar-refractivity contribution in [3.63, 3.8) is 0 Å². The van der Waals surface area contributed by atoms with Gasteiger partial charge in [0.15, 0.2) is 0 Å². The Morgan fingerprint density at radius 3 is 2.40 bits per heavy atom. The number of hydrogen-bond donors (Lipinski definition) is 1. The van der Waals surface area contributed by atoms with Gasteiger partial charge in [0.05, 0.1) is 17.2 Å². The molecule has 2 aromatic carbocycles. The Balaban J connectivity index is 2.60. The van der Waals surface area contributed by atoms with Crippen LogP contribution in [0.25, 0.3) is 11.1 Å². The van der Waals surface area contributed by atoms with Crippen molar-refractivity contribution in [2.24, 2.45) is 0 Å². The summed E-state index contributed by atoms with van der Waals surface area (Å²) in [6.45, 7) is 2.11. The van der Waals surface area contributed by atoms with Gasteiger partial charge in [-0.05, 0) is 31.2 Å². The summed E-state index contributed by atoms with van der Waals surface area (Å²) in [5.41, 5.74) is 3.16. The second-order valence-corrected chi connectivity index (χ2v) is 5.38. The van der Waals surface area contributed by atoms with E-state index in [0.29, 0.717) is 15.8 Å². The molecule has 1 atom stereocenters. The number of hydrogen-bond acceptors (Lipinski definition) is 2. The van der Waals surface area contributed by atoms with Crippen molar-refractivity contribution in [2.75, 3.05) is 14.2 Å². The molecule has 1 N–H and O–H groups in total. The van der Waals surface area contributed by atoms with E-state index in [1.54, 1.807) is 13.2 Å². The van der Waals surface area contributed by atoms with E-state index in [1.165, 1.54) is 5.56 Å². The lowest BCUT2D eigenvalue weighted by Crippen LogP contribution is -2.13. The molecule has 0 saturated heterocycles. The molecule has 0 aliphatic rings. The van der Waals surface area contributed by atoms with Crippen LogP contribution in [0.1, 0.15) is 18.5 Å². The first-order valence-corrected chi connectivity index (χ1v) is 7.13. The number of benzene rings is 2. The maximum absolute atomic E-state index is 6.38. The molecule has 4 heteroatoms.